The van der Waals surface area contributed by atoms with Gasteiger partial charge in [0.15, 0.2) is 0 Å². The zero-order valence-electron chi connectivity index (χ0n) is 7.03. The summed E-state index contributed by atoms with van der Waals surface area (Å²) in [6.07, 6.45) is 5.37. The minimum atomic E-state index is 0.276. The Hall–Kier alpha value is -1.09. The third kappa shape index (κ3) is 3.34. The van der Waals surface area contributed by atoms with E-state index in [9.17, 15) is 0 Å². The van der Waals surface area contributed by atoms with Crippen molar-refractivity contribution in [2.45, 2.75) is 12.8 Å². The van der Waals surface area contributed by atoms with Crippen LogP contribution in [0.25, 0.3) is 0 Å². The van der Waals surface area contributed by atoms with E-state index in [0.29, 0.717) is 0 Å². The number of pyridine rings is 1. The Morgan fingerprint density at radius 2 is 2.00 bits per heavy atom. The van der Waals surface area contributed by atoms with E-state index in [2.05, 4.69) is 10.3 Å². The second-order valence-corrected chi connectivity index (χ2v) is 2.59. The van der Waals surface area contributed by atoms with Gasteiger partial charge in [0.1, 0.15) is 0 Å². The van der Waals surface area contributed by atoms with Gasteiger partial charge in [0.2, 0.25) is 0 Å². The summed E-state index contributed by atoms with van der Waals surface area (Å²) in [4.78, 5) is 3.91. The molecule has 0 saturated heterocycles. The van der Waals surface area contributed by atoms with Crippen molar-refractivity contribution >= 4 is 5.69 Å². The smallest absolute Gasteiger partial charge is 0.0431 e. The van der Waals surface area contributed by atoms with E-state index in [1.807, 2.05) is 12.1 Å². The molecule has 3 heteroatoms. The molecule has 1 rings (SSSR count). The molecule has 0 aliphatic rings. The van der Waals surface area contributed by atoms with Crippen LogP contribution in [0.15, 0.2) is 24.5 Å². The molecule has 66 valence electrons. The summed E-state index contributed by atoms with van der Waals surface area (Å²) < 4.78 is 0. The van der Waals surface area contributed by atoms with Crippen LogP contribution >= 0.6 is 0 Å². The maximum atomic E-state index is 8.53. The van der Waals surface area contributed by atoms with Crippen LogP contribution in [0.1, 0.15) is 12.8 Å². The number of nitrogens with one attached hydrogen (secondary N) is 1. The Balaban J connectivity index is 2.16. The fourth-order valence-electron chi connectivity index (χ4n) is 0.939. The molecule has 12 heavy (non-hydrogen) atoms. The molecule has 0 bridgehead atoms. The van der Waals surface area contributed by atoms with E-state index in [-0.39, 0.29) is 6.61 Å². The lowest BCUT2D eigenvalue weighted by atomic mass is 10.3. The lowest BCUT2D eigenvalue weighted by Gasteiger charge is -2.03. The molecule has 0 aliphatic heterocycles. The molecule has 1 aromatic heterocycles. The molecule has 0 aliphatic carbocycles. The number of hydrogen-bond donors (Lipinski definition) is 2. The molecule has 1 heterocycles. The number of rotatable bonds is 5. The van der Waals surface area contributed by atoms with Gasteiger partial charge < -0.3 is 10.4 Å². The first-order valence-electron chi connectivity index (χ1n) is 4.18. The minimum Gasteiger partial charge on any atom is -0.396 e. The summed E-state index contributed by atoms with van der Waals surface area (Å²) in [5, 5.41) is 11.8. The van der Waals surface area contributed by atoms with Crippen molar-refractivity contribution < 1.29 is 5.11 Å². The van der Waals surface area contributed by atoms with Crippen molar-refractivity contribution in [2.24, 2.45) is 0 Å². The van der Waals surface area contributed by atoms with Crippen LogP contribution in [0.2, 0.25) is 0 Å². The van der Waals surface area contributed by atoms with Crippen LogP contribution in [0, 0.1) is 0 Å². The Bertz CT molecular complexity index is 201. The first-order chi connectivity index (χ1) is 5.93. The third-order valence-electron chi connectivity index (χ3n) is 1.59. The Morgan fingerprint density at radius 3 is 2.67 bits per heavy atom. The van der Waals surface area contributed by atoms with Crippen molar-refractivity contribution in [1.82, 2.24) is 4.98 Å². The van der Waals surface area contributed by atoms with Crippen LogP contribution in [-0.4, -0.2) is 23.2 Å². The second-order valence-electron chi connectivity index (χ2n) is 2.59. The lowest BCUT2D eigenvalue weighted by molar-refractivity contribution is 0.286. The highest BCUT2D eigenvalue weighted by Crippen LogP contribution is 2.02. The molecular formula is C9H14N2O. The third-order valence-corrected chi connectivity index (χ3v) is 1.59. The summed E-state index contributed by atoms with van der Waals surface area (Å²) in [6, 6.07) is 3.86. The summed E-state index contributed by atoms with van der Waals surface area (Å²) >= 11 is 0. The van der Waals surface area contributed by atoms with Crippen LogP contribution in [0.4, 0.5) is 5.69 Å². The molecule has 0 spiro atoms. The van der Waals surface area contributed by atoms with E-state index in [1.165, 1.54) is 0 Å². The van der Waals surface area contributed by atoms with E-state index < -0.39 is 0 Å². The standard InChI is InChI=1S/C9H14N2O/c12-8-2-1-5-11-9-3-6-10-7-4-9/h3-4,6-7,12H,1-2,5,8H2,(H,10,11). The molecule has 0 aromatic carbocycles. The van der Waals surface area contributed by atoms with Crippen LogP contribution in [0.3, 0.4) is 0 Å². The zero-order valence-corrected chi connectivity index (χ0v) is 7.03. The highest BCUT2D eigenvalue weighted by Gasteiger charge is 1.88. The maximum absolute atomic E-state index is 8.53. The molecule has 1 aromatic rings. The molecule has 0 saturated carbocycles. The quantitative estimate of drug-likeness (QED) is 0.647. The van der Waals surface area contributed by atoms with Gasteiger partial charge in [0.25, 0.3) is 0 Å². The average molecular weight is 166 g/mol. The molecule has 3 nitrogen and oxygen atoms in total. The van der Waals surface area contributed by atoms with Crippen LogP contribution < -0.4 is 5.32 Å². The van der Waals surface area contributed by atoms with Gasteiger partial charge in [-0.1, -0.05) is 0 Å². The normalized spacial score (nSPS) is 9.75. The van der Waals surface area contributed by atoms with Gasteiger partial charge in [-0.05, 0) is 25.0 Å². The summed E-state index contributed by atoms with van der Waals surface area (Å²) in [6.45, 7) is 1.18. The number of aromatic nitrogens is 1. The van der Waals surface area contributed by atoms with Gasteiger partial charge in [0.05, 0.1) is 0 Å². The van der Waals surface area contributed by atoms with E-state index in [4.69, 9.17) is 5.11 Å². The number of hydrogen-bond acceptors (Lipinski definition) is 3. The molecule has 0 atom stereocenters. The average Bonchev–Trinajstić information content (AvgIpc) is 2.14. The van der Waals surface area contributed by atoms with E-state index >= 15 is 0 Å². The summed E-state index contributed by atoms with van der Waals surface area (Å²) in [5.41, 5.74) is 1.09. The van der Waals surface area contributed by atoms with Gasteiger partial charge >= 0.3 is 0 Å². The number of unbranched alkanes of at least 4 members (excludes halogenated alkanes) is 1. The lowest BCUT2D eigenvalue weighted by Crippen LogP contribution is -2.01. The predicted octanol–water partition coefficient (Wildman–Crippen LogP) is 1.27. The van der Waals surface area contributed by atoms with E-state index in [0.717, 1.165) is 25.1 Å². The number of aliphatic hydroxyl groups excluding tert-OH is 1. The first kappa shape index (κ1) is 9.00. The van der Waals surface area contributed by atoms with Gasteiger partial charge in [-0.25, -0.2) is 0 Å². The molecule has 2 N–H and O–H groups in total. The topological polar surface area (TPSA) is 45.1 Å². The largest absolute Gasteiger partial charge is 0.396 e. The summed E-state index contributed by atoms with van der Waals surface area (Å²) in [5.74, 6) is 0. The van der Waals surface area contributed by atoms with Gasteiger partial charge in [-0.3, -0.25) is 4.98 Å². The van der Waals surface area contributed by atoms with Gasteiger partial charge in [0, 0.05) is 31.2 Å². The van der Waals surface area contributed by atoms with Crippen molar-refractivity contribution in [1.29, 1.82) is 0 Å². The minimum absolute atomic E-state index is 0.276. The molecule has 0 fully saturated rings. The summed E-state index contributed by atoms with van der Waals surface area (Å²) in [7, 11) is 0. The molecule has 0 unspecified atom stereocenters. The van der Waals surface area contributed by atoms with Gasteiger partial charge in [-0.2, -0.15) is 0 Å². The fraction of sp³-hybridized carbons (Fsp3) is 0.444. The Labute approximate surface area is 72.5 Å². The fourth-order valence-corrected chi connectivity index (χ4v) is 0.939. The van der Waals surface area contributed by atoms with Crippen molar-refractivity contribution in [3.05, 3.63) is 24.5 Å². The first-order valence-corrected chi connectivity index (χ1v) is 4.18. The number of aliphatic hydroxyl groups is 1. The molecular weight excluding hydrogens is 152 g/mol. The Morgan fingerprint density at radius 1 is 1.25 bits per heavy atom. The molecule has 0 radical (unpaired) electrons. The number of anilines is 1. The second kappa shape index (κ2) is 5.55. The van der Waals surface area contributed by atoms with Crippen molar-refractivity contribution in [3.63, 3.8) is 0 Å². The van der Waals surface area contributed by atoms with Crippen molar-refractivity contribution in [2.75, 3.05) is 18.5 Å². The highest BCUT2D eigenvalue weighted by molar-refractivity contribution is 5.40. The van der Waals surface area contributed by atoms with Crippen molar-refractivity contribution in [3.8, 4) is 0 Å². The van der Waals surface area contributed by atoms with Gasteiger partial charge in [-0.15, -0.1) is 0 Å². The van der Waals surface area contributed by atoms with Crippen LogP contribution in [-0.2, 0) is 0 Å². The Kier molecular flexibility index (Phi) is 4.16. The van der Waals surface area contributed by atoms with E-state index in [1.54, 1.807) is 12.4 Å². The number of nitrogens with zero attached hydrogens (tertiary/aromatic N) is 1. The maximum Gasteiger partial charge on any atom is 0.0431 e. The molecule has 0 amide bonds. The monoisotopic (exact) mass is 166 g/mol. The zero-order chi connectivity index (χ0) is 8.65. The SMILES string of the molecule is OCCCCNc1ccncc1. The van der Waals surface area contributed by atoms with Crippen LogP contribution in [0.5, 0.6) is 0 Å². The highest BCUT2D eigenvalue weighted by atomic mass is 16.2. The predicted molar refractivity (Wildman–Crippen MR) is 49.0 cm³/mol.